The summed E-state index contributed by atoms with van der Waals surface area (Å²) in [6.45, 7) is 2.13. The van der Waals surface area contributed by atoms with Crippen molar-refractivity contribution in [3.63, 3.8) is 0 Å². The van der Waals surface area contributed by atoms with Gasteiger partial charge in [-0.15, -0.1) is 0 Å². The number of para-hydroxylation sites is 1. The number of nitrogens with zero attached hydrogens (tertiary/aromatic N) is 2. The van der Waals surface area contributed by atoms with Crippen LogP contribution in [0.4, 0.5) is 11.4 Å². The van der Waals surface area contributed by atoms with Crippen molar-refractivity contribution in [3.05, 3.63) is 84.2 Å². The van der Waals surface area contributed by atoms with E-state index in [0.29, 0.717) is 17.9 Å². The van der Waals surface area contributed by atoms with Crippen LogP contribution in [0.5, 0.6) is 5.75 Å². The fourth-order valence-corrected chi connectivity index (χ4v) is 3.01. The number of ether oxygens (including phenoxy) is 1. The Kier molecular flexibility index (Phi) is 4.51. The van der Waals surface area contributed by atoms with Gasteiger partial charge >= 0.3 is 0 Å². The number of carbonyl (C=O) groups excluding carboxylic acids is 1. The standard InChI is InChI=1S/C21H19N3O2/c25-21(23-18-5-4-10-22-14-18)16-8-9-17-15-24(11-12-26-20(17)13-16)19-6-2-1-3-7-19/h1-10,13-14H,11-12,15H2,(H,23,25). The maximum atomic E-state index is 12.5. The van der Waals surface area contributed by atoms with Crippen molar-refractivity contribution in [2.24, 2.45) is 0 Å². The first-order chi connectivity index (χ1) is 12.8. The molecule has 0 saturated carbocycles. The van der Waals surface area contributed by atoms with Crippen LogP contribution in [0.2, 0.25) is 0 Å². The maximum Gasteiger partial charge on any atom is 0.255 e. The molecule has 4 rings (SSSR count). The van der Waals surface area contributed by atoms with Gasteiger partial charge in [0.1, 0.15) is 12.4 Å². The van der Waals surface area contributed by atoms with Crippen LogP contribution in [0.1, 0.15) is 15.9 Å². The van der Waals surface area contributed by atoms with Crippen molar-refractivity contribution in [3.8, 4) is 5.75 Å². The average molecular weight is 345 g/mol. The first-order valence-electron chi connectivity index (χ1n) is 8.57. The quantitative estimate of drug-likeness (QED) is 0.786. The number of pyridine rings is 1. The highest BCUT2D eigenvalue weighted by atomic mass is 16.5. The molecule has 0 bridgehead atoms. The molecule has 1 aliphatic heterocycles. The predicted molar refractivity (Wildman–Crippen MR) is 102 cm³/mol. The van der Waals surface area contributed by atoms with Gasteiger partial charge in [-0.1, -0.05) is 24.3 Å². The van der Waals surface area contributed by atoms with Gasteiger partial charge in [0, 0.05) is 29.6 Å². The van der Waals surface area contributed by atoms with Gasteiger partial charge in [0.05, 0.1) is 18.4 Å². The van der Waals surface area contributed by atoms with Gasteiger partial charge in [0.15, 0.2) is 0 Å². The Morgan fingerprint density at radius 2 is 1.96 bits per heavy atom. The molecule has 130 valence electrons. The van der Waals surface area contributed by atoms with E-state index in [-0.39, 0.29) is 5.91 Å². The van der Waals surface area contributed by atoms with Crippen molar-refractivity contribution in [1.29, 1.82) is 0 Å². The molecule has 5 nitrogen and oxygen atoms in total. The van der Waals surface area contributed by atoms with Crippen molar-refractivity contribution in [1.82, 2.24) is 4.98 Å². The van der Waals surface area contributed by atoms with E-state index >= 15 is 0 Å². The first-order valence-corrected chi connectivity index (χ1v) is 8.57. The topological polar surface area (TPSA) is 54.5 Å². The number of nitrogens with one attached hydrogen (secondary N) is 1. The average Bonchev–Trinajstić information content (AvgIpc) is 2.91. The number of carbonyl (C=O) groups is 1. The molecule has 0 atom stereocenters. The smallest absolute Gasteiger partial charge is 0.255 e. The normalized spacial score (nSPS) is 13.3. The molecule has 1 N–H and O–H groups in total. The Morgan fingerprint density at radius 3 is 2.77 bits per heavy atom. The van der Waals surface area contributed by atoms with E-state index in [4.69, 9.17) is 4.74 Å². The lowest BCUT2D eigenvalue weighted by molar-refractivity contribution is 0.102. The third-order valence-corrected chi connectivity index (χ3v) is 4.35. The fraction of sp³-hybridized carbons (Fsp3) is 0.143. The molecule has 5 heteroatoms. The Balaban J connectivity index is 1.54. The molecule has 0 aliphatic carbocycles. The summed E-state index contributed by atoms with van der Waals surface area (Å²) in [5.74, 6) is 0.593. The molecule has 0 unspecified atom stereocenters. The lowest BCUT2D eigenvalue weighted by atomic mass is 10.1. The molecule has 1 aromatic heterocycles. The summed E-state index contributed by atoms with van der Waals surface area (Å²) in [5, 5.41) is 2.85. The zero-order chi connectivity index (χ0) is 17.8. The summed E-state index contributed by atoms with van der Waals surface area (Å²) in [6, 6.07) is 19.5. The fourth-order valence-electron chi connectivity index (χ4n) is 3.01. The van der Waals surface area contributed by atoms with Crippen LogP contribution in [-0.4, -0.2) is 24.0 Å². The summed E-state index contributed by atoms with van der Waals surface area (Å²) in [5.41, 5.74) is 3.48. The van der Waals surface area contributed by atoms with E-state index < -0.39 is 0 Å². The molecule has 1 aliphatic rings. The Hall–Kier alpha value is -3.34. The van der Waals surface area contributed by atoms with Crippen LogP contribution in [0.15, 0.2) is 73.1 Å². The van der Waals surface area contributed by atoms with Crippen LogP contribution < -0.4 is 15.0 Å². The Morgan fingerprint density at radius 1 is 1.08 bits per heavy atom. The number of hydrogen-bond donors (Lipinski definition) is 1. The number of fused-ring (bicyclic) bond motifs is 1. The molecular formula is C21H19N3O2. The molecule has 0 saturated heterocycles. The molecule has 0 radical (unpaired) electrons. The van der Waals surface area contributed by atoms with Crippen molar-refractivity contribution < 1.29 is 9.53 Å². The van der Waals surface area contributed by atoms with Gasteiger partial charge in [-0.2, -0.15) is 0 Å². The predicted octanol–water partition coefficient (Wildman–Crippen LogP) is 3.73. The van der Waals surface area contributed by atoms with Crippen molar-refractivity contribution >= 4 is 17.3 Å². The van der Waals surface area contributed by atoms with E-state index in [1.165, 1.54) is 5.69 Å². The highest BCUT2D eigenvalue weighted by Gasteiger charge is 2.17. The zero-order valence-corrected chi connectivity index (χ0v) is 14.3. The van der Waals surface area contributed by atoms with Gasteiger partial charge in [-0.3, -0.25) is 9.78 Å². The third kappa shape index (κ3) is 3.52. The van der Waals surface area contributed by atoms with Gasteiger partial charge < -0.3 is 15.0 Å². The summed E-state index contributed by atoms with van der Waals surface area (Å²) in [4.78, 5) is 18.8. The van der Waals surface area contributed by atoms with E-state index in [0.717, 1.165) is 24.4 Å². The molecular weight excluding hydrogens is 326 g/mol. The second-order valence-corrected chi connectivity index (χ2v) is 6.12. The molecule has 3 aromatic rings. The molecule has 26 heavy (non-hydrogen) atoms. The number of hydrogen-bond acceptors (Lipinski definition) is 4. The monoisotopic (exact) mass is 345 g/mol. The molecule has 1 amide bonds. The second kappa shape index (κ2) is 7.27. The molecule has 2 aromatic carbocycles. The number of benzene rings is 2. The minimum atomic E-state index is -0.173. The minimum Gasteiger partial charge on any atom is -0.491 e. The molecule has 2 heterocycles. The van der Waals surface area contributed by atoms with Gasteiger partial charge in [0.25, 0.3) is 5.91 Å². The first kappa shape index (κ1) is 16.1. The molecule has 0 fully saturated rings. The van der Waals surface area contributed by atoms with Gasteiger partial charge in [-0.25, -0.2) is 0 Å². The molecule has 0 spiro atoms. The van der Waals surface area contributed by atoms with Crippen LogP contribution in [0.3, 0.4) is 0 Å². The van der Waals surface area contributed by atoms with E-state index in [1.54, 1.807) is 18.5 Å². The number of amides is 1. The third-order valence-electron chi connectivity index (χ3n) is 4.35. The van der Waals surface area contributed by atoms with Gasteiger partial charge in [0.2, 0.25) is 0 Å². The van der Waals surface area contributed by atoms with Crippen molar-refractivity contribution in [2.45, 2.75) is 6.54 Å². The SMILES string of the molecule is O=C(Nc1cccnc1)c1ccc2c(c1)OCCN(c1ccccc1)C2. The summed E-state index contributed by atoms with van der Waals surface area (Å²) < 4.78 is 5.91. The Labute approximate surface area is 152 Å². The summed E-state index contributed by atoms with van der Waals surface area (Å²) >= 11 is 0. The number of anilines is 2. The maximum absolute atomic E-state index is 12.5. The lowest BCUT2D eigenvalue weighted by Gasteiger charge is -2.21. The van der Waals surface area contributed by atoms with Crippen molar-refractivity contribution in [2.75, 3.05) is 23.4 Å². The van der Waals surface area contributed by atoms with Crippen LogP contribution in [-0.2, 0) is 6.54 Å². The summed E-state index contributed by atoms with van der Waals surface area (Å²) in [7, 11) is 0. The zero-order valence-electron chi connectivity index (χ0n) is 14.3. The number of rotatable bonds is 3. The minimum absolute atomic E-state index is 0.173. The van der Waals surface area contributed by atoms with Crippen LogP contribution in [0.25, 0.3) is 0 Å². The van der Waals surface area contributed by atoms with Gasteiger partial charge in [-0.05, 0) is 36.4 Å². The Bertz CT molecular complexity index is 898. The summed E-state index contributed by atoms with van der Waals surface area (Å²) in [6.07, 6.45) is 3.29. The highest BCUT2D eigenvalue weighted by molar-refractivity contribution is 6.04. The highest BCUT2D eigenvalue weighted by Crippen LogP contribution is 2.27. The van der Waals surface area contributed by atoms with Crippen LogP contribution in [0, 0.1) is 0 Å². The number of aromatic nitrogens is 1. The second-order valence-electron chi connectivity index (χ2n) is 6.12. The van der Waals surface area contributed by atoms with Crippen LogP contribution >= 0.6 is 0 Å². The van der Waals surface area contributed by atoms with E-state index in [9.17, 15) is 4.79 Å². The largest absolute Gasteiger partial charge is 0.491 e. The lowest BCUT2D eigenvalue weighted by Crippen LogP contribution is -2.25. The van der Waals surface area contributed by atoms with E-state index in [2.05, 4.69) is 27.3 Å². The van der Waals surface area contributed by atoms with E-state index in [1.807, 2.05) is 42.5 Å².